The number of carbonyl (C=O) groups excluding carboxylic acids is 1. The van der Waals surface area contributed by atoms with Gasteiger partial charge >= 0.3 is 0 Å². The average Bonchev–Trinajstić information content (AvgIpc) is 2.74. The molecule has 19 heavy (non-hydrogen) atoms. The second-order valence-corrected chi connectivity index (χ2v) is 4.50. The molecule has 2 rings (SSSR count). The molecule has 1 heterocycles. The molecule has 3 N–H and O–H groups in total. The molecule has 0 bridgehead atoms. The minimum atomic E-state index is -0.0986. The van der Waals surface area contributed by atoms with Crippen molar-refractivity contribution in [3.63, 3.8) is 0 Å². The molecule has 100 valence electrons. The standard InChI is InChI=1S/C14H18N4O/c1-10-13(9-18(2)17-10)8-16-14(19)12-5-3-4-11(6-12)7-15/h3-6,9H,7-8,15H2,1-2H3,(H,16,19). The molecule has 0 radical (unpaired) electrons. The van der Waals surface area contributed by atoms with Gasteiger partial charge in [-0.3, -0.25) is 9.48 Å². The van der Waals surface area contributed by atoms with Crippen LogP contribution in [0, 0.1) is 6.92 Å². The Balaban J connectivity index is 2.03. The zero-order valence-corrected chi connectivity index (χ0v) is 11.2. The molecule has 1 aromatic heterocycles. The molecule has 0 aliphatic heterocycles. The van der Waals surface area contributed by atoms with Crippen molar-refractivity contribution in [1.82, 2.24) is 15.1 Å². The van der Waals surface area contributed by atoms with Crippen LogP contribution in [0.25, 0.3) is 0 Å². The molecule has 0 saturated heterocycles. The average molecular weight is 258 g/mol. The first-order valence-corrected chi connectivity index (χ1v) is 6.16. The number of aromatic nitrogens is 2. The van der Waals surface area contributed by atoms with Gasteiger partial charge in [-0.15, -0.1) is 0 Å². The van der Waals surface area contributed by atoms with Gasteiger partial charge in [-0.1, -0.05) is 12.1 Å². The molecule has 0 unspecified atom stereocenters. The molecule has 1 amide bonds. The Labute approximate surface area is 112 Å². The largest absolute Gasteiger partial charge is 0.348 e. The first-order valence-electron chi connectivity index (χ1n) is 6.16. The fraction of sp³-hybridized carbons (Fsp3) is 0.286. The van der Waals surface area contributed by atoms with Crippen LogP contribution in [-0.2, 0) is 20.1 Å². The molecule has 0 fully saturated rings. The van der Waals surface area contributed by atoms with E-state index in [2.05, 4.69) is 10.4 Å². The summed E-state index contributed by atoms with van der Waals surface area (Å²) in [6.07, 6.45) is 1.91. The van der Waals surface area contributed by atoms with Crippen molar-refractivity contribution in [1.29, 1.82) is 0 Å². The number of rotatable bonds is 4. The highest BCUT2D eigenvalue weighted by atomic mass is 16.1. The Bertz CT molecular complexity index is 589. The number of nitrogens with zero attached hydrogens (tertiary/aromatic N) is 2. The van der Waals surface area contributed by atoms with E-state index in [1.807, 2.05) is 38.4 Å². The van der Waals surface area contributed by atoms with Crippen LogP contribution in [0.1, 0.15) is 27.2 Å². The van der Waals surface area contributed by atoms with E-state index in [-0.39, 0.29) is 5.91 Å². The molecular weight excluding hydrogens is 240 g/mol. The van der Waals surface area contributed by atoms with E-state index in [4.69, 9.17) is 5.73 Å². The molecule has 0 aliphatic carbocycles. The SMILES string of the molecule is Cc1nn(C)cc1CNC(=O)c1cccc(CN)c1. The van der Waals surface area contributed by atoms with Gasteiger partial charge < -0.3 is 11.1 Å². The lowest BCUT2D eigenvalue weighted by Gasteiger charge is -2.05. The maximum atomic E-state index is 12.0. The van der Waals surface area contributed by atoms with Gasteiger partial charge in [-0.2, -0.15) is 5.10 Å². The lowest BCUT2D eigenvalue weighted by Crippen LogP contribution is -2.23. The Morgan fingerprint density at radius 3 is 2.89 bits per heavy atom. The minimum absolute atomic E-state index is 0.0986. The number of hydrogen-bond acceptors (Lipinski definition) is 3. The van der Waals surface area contributed by atoms with Crippen molar-refractivity contribution in [2.75, 3.05) is 0 Å². The van der Waals surface area contributed by atoms with Crippen LogP contribution in [0.3, 0.4) is 0 Å². The highest BCUT2D eigenvalue weighted by molar-refractivity contribution is 5.94. The van der Waals surface area contributed by atoms with Crippen LogP contribution in [0.2, 0.25) is 0 Å². The Morgan fingerprint density at radius 2 is 2.26 bits per heavy atom. The molecule has 5 nitrogen and oxygen atoms in total. The third-order valence-corrected chi connectivity index (χ3v) is 2.98. The van der Waals surface area contributed by atoms with Crippen LogP contribution < -0.4 is 11.1 Å². The monoisotopic (exact) mass is 258 g/mol. The van der Waals surface area contributed by atoms with Gasteiger partial charge in [0.15, 0.2) is 0 Å². The summed E-state index contributed by atoms with van der Waals surface area (Å²) in [5.41, 5.74) is 9.09. The highest BCUT2D eigenvalue weighted by Crippen LogP contribution is 2.07. The van der Waals surface area contributed by atoms with Crippen LogP contribution in [0.15, 0.2) is 30.5 Å². The van der Waals surface area contributed by atoms with Crippen LogP contribution in [0.4, 0.5) is 0 Å². The summed E-state index contributed by atoms with van der Waals surface area (Å²) in [6.45, 7) is 2.84. The smallest absolute Gasteiger partial charge is 0.251 e. The quantitative estimate of drug-likeness (QED) is 0.863. The predicted octanol–water partition coefficient (Wildman–Crippen LogP) is 1.12. The summed E-state index contributed by atoms with van der Waals surface area (Å²) in [4.78, 5) is 12.0. The van der Waals surface area contributed by atoms with E-state index >= 15 is 0 Å². The third kappa shape index (κ3) is 3.20. The second kappa shape index (κ2) is 5.67. The normalized spacial score (nSPS) is 10.5. The minimum Gasteiger partial charge on any atom is -0.348 e. The first kappa shape index (κ1) is 13.3. The molecule has 0 atom stereocenters. The lowest BCUT2D eigenvalue weighted by atomic mass is 10.1. The number of aryl methyl sites for hydroxylation is 2. The maximum absolute atomic E-state index is 12.0. The second-order valence-electron chi connectivity index (χ2n) is 4.50. The Hall–Kier alpha value is -2.14. The van der Waals surface area contributed by atoms with E-state index < -0.39 is 0 Å². The number of amides is 1. The zero-order valence-electron chi connectivity index (χ0n) is 11.2. The number of hydrogen-bond donors (Lipinski definition) is 2. The summed E-state index contributed by atoms with van der Waals surface area (Å²) in [7, 11) is 1.86. The van der Waals surface area contributed by atoms with Crippen LogP contribution >= 0.6 is 0 Å². The van der Waals surface area contributed by atoms with E-state index in [0.717, 1.165) is 16.8 Å². The molecule has 0 saturated carbocycles. The lowest BCUT2D eigenvalue weighted by molar-refractivity contribution is 0.0951. The van der Waals surface area contributed by atoms with E-state index in [1.165, 1.54) is 0 Å². The molecule has 2 aromatic rings. The molecular formula is C14H18N4O. The third-order valence-electron chi connectivity index (χ3n) is 2.98. The van der Waals surface area contributed by atoms with Gasteiger partial charge in [0.2, 0.25) is 0 Å². The number of nitrogens with one attached hydrogen (secondary N) is 1. The summed E-state index contributed by atoms with van der Waals surface area (Å²) in [5.74, 6) is -0.0986. The van der Waals surface area contributed by atoms with Crippen LogP contribution in [-0.4, -0.2) is 15.7 Å². The van der Waals surface area contributed by atoms with Crippen molar-refractivity contribution in [2.45, 2.75) is 20.0 Å². The van der Waals surface area contributed by atoms with Crippen molar-refractivity contribution in [2.24, 2.45) is 12.8 Å². The predicted molar refractivity (Wildman–Crippen MR) is 73.4 cm³/mol. The van der Waals surface area contributed by atoms with Crippen molar-refractivity contribution in [3.8, 4) is 0 Å². The molecule has 5 heteroatoms. The van der Waals surface area contributed by atoms with Crippen molar-refractivity contribution in [3.05, 3.63) is 52.8 Å². The molecule has 0 spiro atoms. The van der Waals surface area contributed by atoms with E-state index in [1.54, 1.807) is 10.7 Å². The van der Waals surface area contributed by atoms with Gasteiger partial charge in [0.1, 0.15) is 0 Å². The van der Waals surface area contributed by atoms with Gasteiger partial charge in [-0.25, -0.2) is 0 Å². The molecule has 1 aromatic carbocycles. The summed E-state index contributed by atoms with van der Waals surface area (Å²) >= 11 is 0. The Morgan fingerprint density at radius 1 is 1.47 bits per heavy atom. The van der Waals surface area contributed by atoms with Gasteiger partial charge in [0.25, 0.3) is 5.91 Å². The number of benzene rings is 1. The van der Waals surface area contributed by atoms with Gasteiger partial charge in [0, 0.05) is 37.5 Å². The fourth-order valence-corrected chi connectivity index (χ4v) is 1.94. The molecule has 0 aliphatic rings. The van der Waals surface area contributed by atoms with E-state index in [9.17, 15) is 4.79 Å². The fourth-order valence-electron chi connectivity index (χ4n) is 1.94. The maximum Gasteiger partial charge on any atom is 0.251 e. The summed E-state index contributed by atoms with van der Waals surface area (Å²) in [6, 6.07) is 7.34. The van der Waals surface area contributed by atoms with E-state index in [0.29, 0.717) is 18.7 Å². The topological polar surface area (TPSA) is 72.9 Å². The van der Waals surface area contributed by atoms with Gasteiger partial charge in [0.05, 0.1) is 5.69 Å². The number of nitrogens with two attached hydrogens (primary N) is 1. The Kier molecular flexibility index (Phi) is 3.97. The first-order chi connectivity index (χ1) is 9.10. The van der Waals surface area contributed by atoms with Crippen molar-refractivity contribution < 1.29 is 4.79 Å². The van der Waals surface area contributed by atoms with Crippen LogP contribution in [0.5, 0.6) is 0 Å². The summed E-state index contributed by atoms with van der Waals surface area (Å²) in [5, 5.41) is 7.13. The highest BCUT2D eigenvalue weighted by Gasteiger charge is 2.08. The summed E-state index contributed by atoms with van der Waals surface area (Å²) < 4.78 is 1.74. The van der Waals surface area contributed by atoms with Gasteiger partial charge in [-0.05, 0) is 24.6 Å². The van der Waals surface area contributed by atoms with Crippen molar-refractivity contribution >= 4 is 5.91 Å². The number of carbonyl (C=O) groups is 1. The zero-order chi connectivity index (χ0) is 13.8.